The topological polar surface area (TPSA) is 58.2 Å². The van der Waals surface area contributed by atoms with Crippen molar-refractivity contribution < 1.29 is 22.7 Å². The van der Waals surface area contributed by atoms with Crippen molar-refractivity contribution in [3.63, 3.8) is 0 Å². The largest absolute Gasteiger partial charge is 0.444 e. The lowest BCUT2D eigenvalue weighted by Crippen LogP contribution is -2.36. The third kappa shape index (κ3) is 4.31. The molecule has 2 aromatic rings. The minimum Gasteiger partial charge on any atom is -0.444 e. The van der Waals surface area contributed by atoms with Gasteiger partial charge in [-0.3, -0.25) is 4.90 Å². The second kappa shape index (κ2) is 7.14. The SMILES string of the molecule is Cc1ccc(-c2nc([C@@H]3CCCN3C(=O)OC(C)(C)C)[nH]c2C(F)(F)F)cc1. The minimum atomic E-state index is -4.58. The second-order valence-corrected chi connectivity index (χ2v) is 8.04. The minimum absolute atomic E-state index is 0.131. The third-order valence-corrected chi connectivity index (χ3v) is 4.53. The van der Waals surface area contributed by atoms with Gasteiger partial charge in [0.1, 0.15) is 22.8 Å². The van der Waals surface area contributed by atoms with Crippen LogP contribution in [-0.4, -0.2) is 33.1 Å². The van der Waals surface area contributed by atoms with Gasteiger partial charge in [-0.1, -0.05) is 29.8 Å². The highest BCUT2D eigenvalue weighted by atomic mass is 19.4. The number of carbonyl (C=O) groups is 1. The summed E-state index contributed by atoms with van der Waals surface area (Å²) in [7, 11) is 0. The van der Waals surface area contributed by atoms with Gasteiger partial charge in [-0.2, -0.15) is 13.2 Å². The van der Waals surface area contributed by atoms with Crippen LogP contribution in [0.5, 0.6) is 0 Å². The molecule has 3 rings (SSSR count). The molecular formula is C20H24F3N3O2. The Labute approximate surface area is 161 Å². The normalized spacial score (nSPS) is 17.8. The summed E-state index contributed by atoms with van der Waals surface area (Å²) in [6.07, 6.45) is -3.93. The molecule has 0 saturated carbocycles. The Bertz CT molecular complexity index is 851. The van der Waals surface area contributed by atoms with Crippen LogP contribution in [0.4, 0.5) is 18.0 Å². The third-order valence-electron chi connectivity index (χ3n) is 4.53. The molecule has 28 heavy (non-hydrogen) atoms. The van der Waals surface area contributed by atoms with Crippen LogP contribution in [0.1, 0.15) is 56.7 Å². The van der Waals surface area contributed by atoms with E-state index in [-0.39, 0.29) is 11.5 Å². The Morgan fingerprint density at radius 2 is 1.86 bits per heavy atom. The molecule has 0 unspecified atom stereocenters. The molecule has 1 fully saturated rings. The van der Waals surface area contributed by atoms with Crippen molar-refractivity contribution in [2.24, 2.45) is 0 Å². The van der Waals surface area contributed by atoms with E-state index in [0.717, 1.165) is 5.56 Å². The molecule has 0 aliphatic carbocycles. The first kappa shape index (κ1) is 20.2. The second-order valence-electron chi connectivity index (χ2n) is 8.04. The standard InChI is InChI=1S/C20H24F3N3O2/c1-12-7-9-13(10-8-12)15-16(20(21,22)23)25-17(24-15)14-6-5-11-26(14)18(27)28-19(2,3)4/h7-10,14H,5-6,11H2,1-4H3,(H,24,25)/t14-/m0/s1. The van der Waals surface area contributed by atoms with Gasteiger partial charge in [0, 0.05) is 12.1 Å². The summed E-state index contributed by atoms with van der Waals surface area (Å²) in [4.78, 5) is 20.6. The Kier molecular flexibility index (Phi) is 5.16. The number of amides is 1. The number of hydrogen-bond acceptors (Lipinski definition) is 3. The number of nitrogens with one attached hydrogen (secondary N) is 1. The van der Waals surface area contributed by atoms with Gasteiger partial charge in [0.05, 0.1) is 6.04 Å². The van der Waals surface area contributed by atoms with Gasteiger partial charge in [0.25, 0.3) is 0 Å². The molecule has 8 heteroatoms. The molecule has 1 atom stereocenters. The number of aryl methyl sites for hydroxylation is 1. The highest BCUT2D eigenvalue weighted by molar-refractivity contribution is 5.69. The fraction of sp³-hybridized carbons (Fsp3) is 0.500. The maximum atomic E-state index is 13.6. The molecule has 5 nitrogen and oxygen atoms in total. The zero-order valence-corrected chi connectivity index (χ0v) is 16.4. The van der Waals surface area contributed by atoms with Crippen molar-refractivity contribution in [1.82, 2.24) is 14.9 Å². The van der Waals surface area contributed by atoms with Crippen molar-refractivity contribution in [3.05, 3.63) is 41.3 Å². The summed E-state index contributed by atoms with van der Waals surface area (Å²) < 4.78 is 46.2. The molecular weight excluding hydrogens is 371 g/mol. The van der Waals surface area contributed by atoms with Gasteiger partial charge in [0.2, 0.25) is 0 Å². The zero-order valence-electron chi connectivity index (χ0n) is 16.4. The first-order valence-corrected chi connectivity index (χ1v) is 9.19. The van der Waals surface area contributed by atoms with E-state index in [4.69, 9.17) is 4.74 Å². The molecule has 1 aliphatic rings. The first-order chi connectivity index (χ1) is 13.0. The van der Waals surface area contributed by atoms with Crippen molar-refractivity contribution in [2.75, 3.05) is 6.54 Å². The van der Waals surface area contributed by atoms with Gasteiger partial charge in [-0.05, 0) is 40.5 Å². The van der Waals surface area contributed by atoms with Crippen LogP contribution in [0.25, 0.3) is 11.3 Å². The molecule has 1 saturated heterocycles. The number of H-pyrrole nitrogens is 1. The van der Waals surface area contributed by atoms with Crippen LogP contribution in [0.3, 0.4) is 0 Å². The Morgan fingerprint density at radius 3 is 2.43 bits per heavy atom. The predicted molar refractivity (Wildman–Crippen MR) is 98.7 cm³/mol. The number of nitrogens with zero attached hydrogens (tertiary/aromatic N) is 2. The van der Waals surface area contributed by atoms with Crippen molar-refractivity contribution in [2.45, 2.75) is 58.4 Å². The quantitative estimate of drug-likeness (QED) is 0.733. The van der Waals surface area contributed by atoms with Crippen molar-refractivity contribution in [1.29, 1.82) is 0 Å². The number of carbonyl (C=O) groups excluding carboxylic acids is 1. The summed E-state index contributed by atoms with van der Waals surface area (Å²) in [5, 5.41) is 0. The Balaban J connectivity index is 1.98. The lowest BCUT2D eigenvalue weighted by Gasteiger charge is -2.27. The van der Waals surface area contributed by atoms with E-state index in [1.807, 2.05) is 6.92 Å². The van der Waals surface area contributed by atoms with E-state index in [9.17, 15) is 18.0 Å². The lowest BCUT2D eigenvalue weighted by molar-refractivity contribution is -0.140. The van der Waals surface area contributed by atoms with E-state index in [1.54, 1.807) is 45.0 Å². The van der Waals surface area contributed by atoms with Gasteiger partial charge in [-0.15, -0.1) is 0 Å². The fourth-order valence-electron chi connectivity index (χ4n) is 3.26. The number of benzene rings is 1. The summed E-state index contributed by atoms with van der Waals surface area (Å²) >= 11 is 0. The lowest BCUT2D eigenvalue weighted by atomic mass is 10.1. The summed E-state index contributed by atoms with van der Waals surface area (Å²) in [6, 6.07) is 6.14. The monoisotopic (exact) mass is 395 g/mol. The number of rotatable bonds is 2. The number of alkyl halides is 3. The average molecular weight is 395 g/mol. The molecule has 0 bridgehead atoms. The number of halogens is 3. The van der Waals surface area contributed by atoms with E-state index in [1.165, 1.54) is 4.90 Å². The zero-order chi connectivity index (χ0) is 20.7. The predicted octanol–water partition coefficient (Wildman–Crippen LogP) is 5.48. The molecule has 0 spiro atoms. The van der Waals surface area contributed by atoms with Crippen molar-refractivity contribution >= 4 is 6.09 Å². The molecule has 1 aromatic carbocycles. The molecule has 1 aliphatic heterocycles. The van der Waals surface area contributed by atoms with Crippen LogP contribution in [0.2, 0.25) is 0 Å². The summed E-state index contributed by atoms with van der Waals surface area (Å²) in [5.41, 5.74) is -0.416. The number of aromatic amines is 1. The van der Waals surface area contributed by atoms with E-state index in [0.29, 0.717) is 24.9 Å². The van der Waals surface area contributed by atoms with Crippen LogP contribution in [0, 0.1) is 6.92 Å². The average Bonchev–Trinajstić information content (AvgIpc) is 3.20. The number of likely N-dealkylation sites (tertiary alicyclic amines) is 1. The van der Waals surface area contributed by atoms with Crippen LogP contribution >= 0.6 is 0 Å². The van der Waals surface area contributed by atoms with Crippen molar-refractivity contribution in [3.8, 4) is 11.3 Å². The van der Waals surface area contributed by atoms with Gasteiger partial charge in [0.15, 0.2) is 0 Å². The first-order valence-electron chi connectivity index (χ1n) is 9.19. The van der Waals surface area contributed by atoms with Gasteiger partial charge in [-0.25, -0.2) is 9.78 Å². The van der Waals surface area contributed by atoms with E-state index < -0.39 is 29.6 Å². The fourth-order valence-corrected chi connectivity index (χ4v) is 3.26. The Morgan fingerprint density at radius 1 is 1.21 bits per heavy atom. The Hall–Kier alpha value is -2.51. The number of hydrogen-bond donors (Lipinski definition) is 1. The van der Waals surface area contributed by atoms with E-state index in [2.05, 4.69) is 9.97 Å². The van der Waals surface area contributed by atoms with Crippen LogP contribution in [0.15, 0.2) is 24.3 Å². The molecule has 0 radical (unpaired) electrons. The molecule has 1 amide bonds. The maximum Gasteiger partial charge on any atom is 0.433 e. The van der Waals surface area contributed by atoms with Crippen LogP contribution < -0.4 is 0 Å². The summed E-state index contributed by atoms with van der Waals surface area (Å²) in [6.45, 7) is 7.53. The van der Waals surface area contributed by atoms with Gasteiger partial charge >= 0.3 is 12.3 Å². The highest BCUT2D eigenvalue weighted by Gasteiger charge is 2.41. The summed E-state index contributed by atoms with van der Waals surface area (Å²) in [5.74, 6) is 0.131. The number of aromatic nitrogens is 2. The van der Waals surface area contributed by atoms with Gasteiger partial charge < -0.3 is 9.72 Å². The number of imidazole rings is 1. The smallest absolute Gasteiger partial charge is 0.433 e. The van der Waals surface area contributed by atoms with E-state index >= 15 is 0 Å². The number of ether oxygens (including phenoxy) is 1. The maximum absolute atomic E-state index is 13.6. The molecule has 1 N–H and O–H groups in total. The molecule has 1 aromatic heterocycles. The van der Waals surface area contributed by atoms with Crippen LogP contribution in [-0.2, 0) is 10.9 Å². The molecule has 2 heterocycles. The molecule has 152 valence electrons. The highest BCUT2D eigenvalue weighted by Crippen LogP contribution is 2.39.